The number of ether oxygens (including phenoxy) is 1. The molecular weight excluding hydrogens is 448 g/mol. The lowest BCUT2D eigenvalue weighted by atomic mass is 10.2. The van der Waals surface area contributed by atoms with Gasteiger partial charge < -0.3 is 31.3 Å². The lowest BCUT2D eigenvalue weighted by Gasteiger charge is -2.46. The minimum atomic E-state index is -3.18. The highest BCUT2D eigenvalue weighted by molar-refractivity contribution is 6.88. The van der Waals surface area contributed by atoms with E-state index in [0.717, 1.165) is 25.5 Å². The third-order valence-corrected chi connectivity index (χ3v) is 18.6. The van der Waals surface area contributed by atoms with E-state index in [9.17, 15) is 0 Å². The average molecular weight is 497 g/mol. The first-order chi connectivity index (χ1) is 14.8. The van der Waals surface area contributed by atoms with Crippen LogP contribution in [0.4, 0.5) is 0 Å². The van der Waals surface area contributed by atoms with E-state index in [-0.39, 0.29) is 5.16 Å². The summed E-state index contributed by atoms with van der Waals surface area (Å²) in [5.74, 6) is 0. The summed E-state index contributed by atoms with van der Waals surface area (Å²) in [7, 11) is -8.25. The minimum absolute atomic E-state index is 0.174. The van der Waals surface area contributed by atoms with E-state index in [0.29, 0.717) is 45.4 Å². The Morgan fingerprint density at radius 3 is 1.35 bits per heavy atom. The van der Waals surface area contributed by atoms with Gasteiger partial charge in [0.25, 0.3) is 0 Å². The van der Waals surface area contributed by atoms with Gasteiger partial charge in [0.15, 0.2) is 0 Å². The highest BCUT2D eigenvalue weighted by atomic mass is 28.5. The van der Waals surface area contributed by atoms with E-state index in [2.05, 4.69) is 13.1 Å². The van der Waals surface area contributed by atoms with Crippen LogP contribution in [0.3, 0.4) is 0 Å². The fourth-order valence-electron chi connectivity index (χ4n) is 4.54. The van der Waals surface area contributed by atoms with Gasteiger partial charge in [-0.05, 0) is 66.8 Å². The smallest absolute Gasteiger partial charge is 0.382 e. The molecule has 0 amide bonds. The number of hydrogen-bond acceptors (Lipinski definition) is 7. The molecule has 10 heteroatoms. The van der Waals surface area contributed by atoms with Crippen molar-refractivity contribution in [1.29, 1.82) is 0 Å². The minimum Gasteiger partial charge on any atom is -0.382 e. The lowest BCUT2D eigenvalue weighted by molar-refractivity contribution is 0.0334. The van der Waals surface area contributed by atoms with Crippen LogP contribution in [0.15, 0.2) is 0 Å². The molecule has 1 saturated heterocycles. The monoisotopic (exact) mass is 496 g/mol. The number of hydrogen-bond donors (Lipinski definition) is 0. The summed E-state index contributed by atoms with van der Waals surface area (Å²) >= 11 is 0. The molecule has 1 aliphatic heterocycles. The van der Waals surface area contributed by atoms with Crippen molar-refractivity contribution in [2.24, 2.45) is 0 Å². The third-order valence-electron chi connectivity index (χ3n) is 5.71. The van der Waals surface area contributed by atoms with Crippen molar-refractivity contribution in [3.8, 4) is 0 Å². The van der Waals surface area contributed by atoms with Crippen LogP contribution in [-0.4, -0.2) is 77.7 Å². The maximum atomic E-state index is 6.42. The van der Waals surface area contributed by atoms with Crippen LogP contribution in [0, 0.1) is 0 Å². The van der Waals surface area contributed by atoms with Crippen LogP contribution in [-0.2, 0) is 31.3 Å². The highest BCUT2D eigenvalue weighted by Gasteiger charge is 2.67. The summed E-state index contributed by atoms with van der Waals surface area (Å²) < 4.78 is 44.8. The lowest BCUT2D eigenvalue weighted by Crippen LogP contribution is -2.66. The van der Waals surface area contributed by atoms with Crippen molar-refractivity contribution < 1.29 is 31.3 Å². The molecule has 1 atom stereocenters. The number of rotatable bonds is 17. The fourth-order valence-corrected chi connectivity index (χ4v) is 19.9. The molecule has 0 spiro atoms. The van der Waals surface area contributed by atoms with Crippen LogP contribution in [0.25, 0.3) is 0 Å². The molecule has 1 aliphatic rings. The molecule has 1 heterocycles. The standard InChI is InChI=1S/C21H48O7Si3/c1-9-23-30(24-10-2,25-11-3)21(31(26-12-4,27-13-5)28-14-6)19-29(7,8)20-17-15-16-18-22-20/h20-21H,9-19H2,1-8H3. The van der Waals surface area contributed by atoms with Crippen LogP contribution < -0.4 is 0 Å². The summed E-state index contributed by atoms with van der Waals surface area (Å²) in [5.41, 5.74) is 0.303. The molecule has 0 aliphatic carbocycles. The Hall–Kier alpha value is 0.371. The van der Waals surface area contributed by atoms with Crippen LogP contribution in [0.1, 0.15) is 60.8 Å². The second-order valence-electron chi connectivity index (χ2n) is 8.41. The largest absolute Gasteiger partial charge is 0.508 e. The molecule has 0 aromatic carbocycles. The Morgan fingerprint density at radius 1 is 0.677 bits per heavy atom. The van der Waals surface area contributed by atoms with E-state index in [1.807, 2.05) is 41.5 Å². The Labute approximate surface area is 194 Å². The average Bonchev–Trinajstić information content (AvgIpc) is 2.74. The van der Waals surface area contributed by atoms with Gasteiger partial charge in [-0.3, -0.25) is 0 Å². The van der Waals surface area contributed by atoms with Crippen LogP contribution in [0.5, 0.6) is 0 Å². The molecule has 0 N–H and O–H groups in total. The van der Waals surface area contributed by atoms with Gasteiger partial charge >= 0.3 is 17.6 Å². The van der Waals surface area contributed by atoms with Gasteiger partial charge in [-0.15, -0.1) is 0 Å². The van der Waals surface area contributed by atoms with Gasteiger partial charge in [0.05, 0.1) is 13.2 Å². The van der Waals surface area contributed by atoms with Crippen molar-refractivity contribution in [2.75, 3.05) is 46.2 Å². The first-order valence-electron chi connectivity index (χ1n) is 12.3. The molecule has 0 aromatic rings. The van der Waals surface area contributed by atoms with Gasteiger partial charge in [-0.25, -0.2) is 0 Å². The van der Waals surface area contributed by atoms with Crippen molar-refractivity contribution in [2.45, 2.75) is 90.8 Å². The fraction of sp³-hybridized carbons (Fsp3) is 1.00. The van der Waals surface area contributed by atoms with Crippen molar-refractivity contribution in [3.05, 3.63) is 0 Å². The summed E-state index contributed by atoms with van der Waals surface area (Å²) in [6, 6.07) is 0.871. The summed E-state index contributed by atoms with van der Waals surface area (Å²) in [5, 5.41) is -0.174. The molecule has 1 unspecified atom stereocenters. The maximum Gasteiger partial charge on any atom is 0.508 e. The molecule has 0 aromatic heterocycles. The zero-order valence-electron chi connectivity index (χ0n) is 21.3. The summed E-state index contributed by atoms with van der Waals surface area (Å²) in [6.45, 7) is 20.7. The summed E-state index contributed by atoms with van der Waals surface area (Å²) in [4.78, 5) is 0. The Morgan fingerprint density at radius 2 is 1.06 bits per heavy atom. The molecule has 1 rings (SSSR count). The quantitative estimate of drug-likeness (QED) is 0.268. The molecular formula is C21H48O7Si3. The second-order valence-corrected chi connectivity index (χ2v) is 19.6. The van der Waals surface area contributed by atoms with Crippen molar-refractivity contribution >= 4 is 25.7 Å². The van der Waals surface area contributed by atoms with E-state index in [4.69, 9.17) is 31.3 Å². The molecule has 1 fully saturated rings. The molecule has 0 bridgehead atoms. The zero-order valence-corrected chi connectivity index (χ0v) is 24.3. The van der Waals surface area contributed by atoms with Crippen molar-refractivity contribution in [3.63, 3.8) is 0 Å². The van der Waals surface area contributed by atoms with Crippen LogP contribution in [0.2, 0.25) is 24.3 Å². The first-order valence-corrected chi connectivity index (χ1v) is 19.1. The normalized spacial score (nSPS) is 18.7. The summed E-state index contributed by atoms with van der Waals surface area (Å²) in [6.07, 6.45) is 3.49. The maximum absolute atomic E-state index is 6.42. The van der Waals surface area contributed by atoms with E-state index in [1.54, 1.807) is 0 Å². The van der Waals surface area contributed by atoms with Gasteiger partial charge in [0.2, 0.25) is 0 Å². The topological polar surface area (TPSA) is 64.6 Å². The third kappa shape index (κ3) is 7.97. The second kappa shape index (κ2) is 14.6. The Kier molecular flexibility index (Phi) is 13.8. The first kappa shape index (κ1) is 29.4. The van der Waals surface area contributed by atoms with Gasteiger partial charge in [-0.1, -0.05) is 13.1 Å². The molecule has 31 heavy (non-hydrogen) atoms. The Balaban J connectivity index is 3.55. The highest BCUT2D eigenvalue weighted by Crippen LogP contribution is 2.44. The van der Waals surface area contributed by atoms with Gasteiger partial charge in [-0.2, -0.15) is 0 Å². The molecule has 0 saturated carbocycles. The van der Waals surface area contributed by atoms with E-state index in [1.165, 1.54) is 6.42 Å². The molecule has 186 valence electrons. The SMILES string of the molecule is CCO[Si](OCC)(OCC)C(C[Si](C)(C)C1CCCCO1)[Si](OCC)(OCC)OCC. The molecule has 0 radical (unpaired) electrons. The van der Waals surface area contributed by atoms with E-state index >= 15 is 0 Å². The van der Waals surface area contributed by atoms with E-state index < -0.39 is 25.7 Å². The zero-order chi connectivity index (χ0) is 23.4. The van der Waals surface area contributed by atoms with Crippen molar-refractivity contribution in [1.82, 2.24) is 0 Å². The predicted molar refractivity (Wildman–Crippen MR) is 131 cm³/mol. The van der Waals surface area contributed by atoms with Gasteiger partial charge in [0, 0.05) is 52.0 Å². The molecule has 7 nitrogen and oxygen atoms in total. The Bertz CT molecular complexity index is 416. The van der Waals surface area contributed by atoms with Gasteiger partial charge in [0.1, 0.15) is 0 Å². The van der Waals surface area contributed by atoms with Crippen LogP contribution >= 0.6 is 0 Å². The predicted octanol–water partition coefficient (Wildman–Crippen LogP) is 4.81.